The van der Waals surface area contributed by atoms with Gasteiger partial charge < -0.3 is 10.1 Å². The van der Waals surface area contributed by atoms with Gasteiger partial charge in [0, 0.05) is 12.5 Å². The Morgan fingerprint density at radius 3 is 2.57 bits per heavy atom. The van der Waals surface area contributed by atoms with Gasteiger partial charge in [-0.05, 0) is 48.6 Å². The molecule has 3 unspecified atom stereocenters. The van der Waals surface area contributed by atoms with Gasteiger partial charge in [0.05, 0.1) is 0 Å². The van der Waals surface area contributed by atoms with Crippen LogP contribution in [0.1, 0.15) is 29.0 Å². The van der Waals surface area contributed by atoms with Crippen LogP contribution in [0, 0.1) is 0 Å². The van der Waals surface area contributed by atoms with E-state index in [4.69, 9.17) is 4.74 Å². The molecule has 2 aromatic rings. The Labute approximate surface area is 126 Å². The second-order valence-electron chi connectivity index (χ2n) is 6.20. The van der Waals surface area contributed by atoms with E-state index in [1.54, 1.807) is 0 Å². The molecule has 0 spiro atoms. The number of ether oxygens (including phenoxy) is 1. The smallest absolute Gasteiger partial charge is 0.123 e. The number of hydrogen-bond acceptors (Lipinski definition) is 2. The average molecular weight is 279 g/mol. The van der Waals surface area contributed by atoms with Crippen molar-refractivity contribution >= 4 is 0 Å². The molecule has 2 heteroatoms. The summed E-state index contributed by atoms with van der Waals surface area (Å²) >= 11 is 0. The van der Waals surface area contributed by atoms with Crippen molar-refractivity contribution in [2.75, 3.05) is 7.05 Å². The number of para-hydroxylation sites is 1. The van der Waals surface area contributed by atoms with Crippen molar-refractivity contribution in [3.63, 3.8) is 0 Å². The Kier molecular flexibility index (Phi) is 3.19. The summed E-state index contributed by atoms with van der Waals surface area (Å²) in [7, 11) is 2.06. The fourth-order valence-electron chi connectivity index (χ4n) is 3.77. The minimum atomic E-state index is 0.264. The summed E-state index contributed by atoms with van der Waals surface area (Å²) in [6.07, 6.45) is 3.66. The lowest BCUT2D eigenvalue weighted by molar-refractivity contribution is 0.169. The first-order valence-corrected chi connectivity index (χ1v) is 7.85. The molecular formula is C19H21NO. The molecule has 2 aromatic carbocycles. The van der Waals surface area contributed by atoms with Crippen LogP contribution < -0.4 is 10.1 Å². The lowest BCUT2D eigenvalue weighted by Crippen LogP contribution is -2.42. The van der Waals surface area contributed by atoms with Crippen LogP contribution in [0.3, 0.4) is 0 Å². The summed E-state index contributed by atoms with van der Waals surface area (Å²) in [5.41, 5.74) is 4.40. The lowest BCUT2D eigenvalue weighted by Gasteiger charge is -2.34. The molecule has 0 amide bonds. The molecule has 0 saturated carbocycles. The molecule has 1 aliphatic carbocycles. The van der Waals surface area contributed by atoms with Gasteiger partial charge in [0.2, 0.25) is 0 Å². The summed E-state index contributed by atoms with van der Waals surface area (Å²) < 4.78 is 6.15. The SMILES string of the molecule is CNC(CC1Cc2ccccc21)C1Cc2ccccc2O1. The highest BCUT2D eigenvalue weighted by Gasteiger charge is 2.34. The van der Waals surface area contributed by atoms with E-state index in [1.807, 2.05) is 0 Å². The molecule has 0 radical (unpaired) electrons. The number of nitrogens with one attached hydrogen (secondary N) is 1. The molecule has 3 atom stereocenters. The van der Waals surface area contributed by atoms with E-state index >= 15 is 0 Å². The maximum absolute atomic E-state index is 6.15. The molecule has 1 heterocycles. The first-order valence-electron chi connectivity index (χ1n) is 7.85. The van der Waals surface area contributed by atoms with E-state index in [9.17, 15) is 0 Å². The van der Waals surface area contributed by atoms with Crippen molar-refractivity contribution < 1.29 is 4.74 Å². The van der Waals surface area contributed by atoms with Gasteiger partial charge in [-0.2, -0.15) is 0 Å². The summed E-state index contributed by atoms with van der Waals surface area (Å²) in [5.74, 6) is 1.75. The highest BCUT2D eigenvalue weighted by atomic mass is 16.5. The van der Waals surface area contributed by atoms with Crippen LogP contribution in [-0.4, -0.2) is 19.2 Å². The second-order valence-corrected chi connectivity index (χ2v) is 6.20. The Morgan fingerprint density at radius 1 is 1.05 bits per heavy atom. The third-order valence-electron chi connectivity index (χ3n) is 4.99. The number of fused-ring (bicyclic) bond motifs is 2. The predicted octanol–water partition coefficient (Wildman–Crippen LogP) is 3.31. The predicted molar refractivity (Wildman–Crippen MR) is 84.9 cm³/mol. The largest absolute Gasteiger partial charge is 0.488 e. The van der Waals surface area contributed by atoms with Gasteiger partial charge in [0.1, 0.15) is 11.9 Å². The molecule has 4 rings (SSSR count). The van der Waals surface area contributed by atoms with Crippen molar-refractivity contribution in [2.45, 2.75) is 37.3 Å². The van der Waals surface area contributed by atoms with Gasteiger partial charge >= 0.3 is 0 Å². The molecule has 0 bridgehead atoms. The number of rotatable bonds is 4. The highest BCUT2D eigenvalue weighted by molar-refractivity contribution is 5.41. The molecule has 1 N–H and O–H groups in total. The Bertz CT molecular complexity index is 627. The minimum absolute atomic E-state index is 0.264. The molecule has 1 aliphatic heterocycles. The van der Waals surface area contributed by atoms with Crippen LogP contribution in [-0.2, 0) is 12.8 Å². The minimum Gasteiger partial charge on any atom is -0.488 e. The van der Waals surface area contributed by atoms with Gasteiger partial charge in [-0.25, -0.2) is 0 Å². The topological polar surface area (TPSA) is 21.3 Å². The standard InChI is InChI=1S/C19H21NO/c1-20-17(11-15-10-13-6-2-4-8-16(13)15)19-12-14-7-3-5-9-18(14)21-19/h2-9,15,17,19-20H,10-12H2,1H3. The molecule has 108 valence electrons. The van der Waals surface area contributed by atoms with Gasteiger partial charge in [-0.3, -0.25) is 0 Å². The molecule has 2 nitrogen and oxygen atoms in total. The number of hydrogen-bond donors (Lipinski definition) is 1. The van der Waals surface area contributed by atoms with Crippen molar-refractivity contribution in [2.24, 2.45) is 0 Å². The zero-order valence-electron chi connectivity index (χ0n) is 12.4. The molecule has 0 aromatic heterocycles. The van der Waals surface area contributed by atoms with E-state index in [-0.39, 0.29) is 6.10 Å². The zero-order valence-corrected chi connectivity index (χ0v) is 12.4. The molecule has 0 saturated heterocycles. The average Bonchev–Trinajstić information content (AvgIpc) is 2.92. The Hall–Kier alpha value is -1.80. The maximum atomic E-state index is 6.15. The summed E-state index contributed by atoms with van der Waals surface area (Å²) in [6, 6.07) is 17.7. The molecule has 2 aliphatic rings. The van der Waals surface area contributed by atoms with Gasteiger partial charge in [0.25, 0.3) is 0 Å². The van der Waals surface area contributed by atoms with E-state index in [0.717, 1.165) is 18.6 Å². The first-order chi connectivity index (χ1) is 10.3. The van der Waals surface area contributed by atoms with Gasteiger partial charge in [-0.15, -0.1) is 0 Å². The van der Waals surface area contributed by atoms with Crippen LogP contribution in [0.15, 0.2) is 48.5 Å². The zero-order chi connectivity index (χ0) is 14.2. The van der Waals surface area contributed by atoms with Crippen LogP contribution in [0.2, 0.25) is 0 Å². The third kappa shape index (κ3) is 2.24. The van der Waals surface area contributed by atoms with Gasteiger partial charge in [-0.1, -0.05) is 42.5 Å². The fourth-order valence-corrected chi connectivity index (χ4v) is 3.77. The molecular weight excluding hydrogens is 258 g/mol. The first kappa shape index (κ1) is 12.9. The molecule has 21 heavy (non-hydrogen) atoms. The quantitative estimate of drug-likeness (QED) is 0.927. The lowest BCUT2D eigenvalue weighted by atomic mass is 9.74. The second kappa shape index (κ2) is 5.19. The highest BCUT2D eigenvalue weighted by Crippen LogP contribution is 2.39. The van der Waals surface area contributed by atoms with E-state index < -0.39 is 0 Å². The molecule has 0 fully saturated rings. The van der Waals surface area contributed by atoms with Crippen molar-refractivity contribution in [3.05, 3.63) is 65.2 Å². The van der Waals surface area contributed by atoms with E-state index in [1.165, 1.54) is 23.1 Å². The Balaban J connectivity index is 1.46. The monoisotopic (exact) mass is 279 g/mol. The van der Waals surface area contributed by atoms with Crippen LogP contribution in [0.5, 0.6) is 5.75 Å². The summed E-state index contributed by atoms with van der Waals surface area (Å²) in [5, 5.41) is 3.48. The van der Waals surface area contributed by atoms with E-state index in [2.05, 4.69) is 60.9 Å². The van der Waals surface area contributed by atoms with Crippen molar-refractivity contribution in [1.29, 1.82) is 0 Å². The summed E-state index contributed by atoms with van der Waals surface area (Å²) in [6.45, 7) is 0. The third-order valence-corrected chi connectivity index (χ3v) is 4.99. The summed E-state index contributed by atoms with van der Waals surface area (Å²) in [4.78, 5) is 0. The van der Waals surface area contributed by atoms with Crippen molar-refractivity contribution in [3.8, 4) is 5.75 Å². The maximum Gasteiger partial charge on any atom is 0.123 e. The normalized spacial score (nSPS) is 23.7. The van der Waals surface area contributed by atoms with E-state index in [0.29, 0.717) is 12.0 Å². The van der Waals surface area contributed by atoms with Crippen LogP contribution in [0.25, 0.3) is 0 Å². The number of benzene rings is 2. The van der Waals surface area contributed by atoms with Crippen LogP contribution >= 0.6 is 0 Å². The Morgan fingerprint density at radius 2 is 1.81 bits per heavy atom. The fraction of sp³-hybridized carbons (Fsp3) is 0.368. The van der Waals surface area contributed by atoms with Gasteiger partial charge in [0.15, 0.2) is 0 Å². The van der Waals surface area contributed by atoms with Crippen LogP contribution in [0.4, 0.5) is 0 Å². The van der Waals surface area contributed by atoms with Crippen molar-refractivity contribution in [1.82, 2.24) is 5.32 Å². The number of likely N-dealkylation sites (N-methyl/N-ethyl adjacent to an activating group) is 1.